The van der Waals surface area contributed by atoms with Crippen LogP contribution < -0.4 is 11.1 Å². The number of carbonyl (C=O) groups is 1. The van der Waals surface area contributed by atoms with E-state index in [4.69, 9.17) is 15.6 Å². The molecule has 0 radical (unpaired) electrons. The van der Waals surface area contributed by atoms with Crippen molar-refractivity contribution in [3.8, 4) is 0 Å². The summed E-state index contributed by atoms with van der Waals surface area (Å²) in [5.74, 6) is -1.98. The van der Waals surface area contributed by atoms with Crippen LogP contribution >= 0.6 is 0 Å². The van der Waals surface area contributed by atoms with Gasteiger partial charge in [-0.1, -0.05) is 6.92 Å². The molecule has 5 nitrogen and oxygen atoms in total. The lowest BCUT2D eigenvalue weighted by molar-refractivity contribution is 0.0698. The zero-order valence-electron chi connectivity index (χ0n) is 10.9. The number of carboxylic acid groups (broad SMARTS) is 1. The second-order valence-corrected chi connectivity index (χ2v) is 4.08. The third kappa shape index (κ3) is 4.40. The quantitative estimate of drug-likeness (QED) is 0.498. The minimum absolute atomic E-state index is 0.227. The fourth-order valence-corrected chi connectivity index (χ4v) is 1.62. The minimum atomic E-state index is -1.25. The molecular formula is C13H19FN2O3. The number of benzene rings is 1. The van der Waals surface area contributed by atoms with E-state index < -0.39 is 11.8 Å². The number of rotatable bonds is 8. The second-order valence-electron chi connectivity index (χ2n) is 4.08. The molecule has 0 saturated heterocycles. The van der Waals surface area contributed by atoms with E-state index in [0.29, 0.717) is 25.4 Å². The molecule has 0 aromatic heterocycles. The van der Waals surface area contributed by atoms with Crippen LogP contribution in [0.5, 0.6) is 0 Å². The van der Waals surface area contributed by atoms with Crippen molar-refractivity contribution in [2.24, 2.45) is 0 Å². The molecule has 0 amide bonds. The zero-order chi connectivity index (χ0) is 14.3. The first kappa shape index (κ1) is 15.2. The highest BCUT2D eigenvalue weighted by atomic mass is 19.1. The van der Waals surface area contributed by atoms with Gasteiger partial charge in [-0.15, -0.1) is 0 Å². The van der Waals surface area contributed by atoms with E-state index in [1.807, 2.05) is 6.92 Å². The van der Waals surface area contributed by atoms with Crippen LogP contribution in [0, 0.1) is 5.82 Å². The number of halogens is 1. The number of hydrogen-bond acceptors (Lipinski definition) is 4. The Morgan fingerprint density at radius 1 is 1.47 bits per heavy atom. The predicted molar refractivity (Wildman–Crippen MR) is 72.0 cm³/mol. The van der Waals surface area contributed by atoms with Gasteiger partial charge in [0.2, 0.25) is 0 Å². The minimum Gasteiger partial charge on any atom is -0.478 e. The van der Waals surface area contributed by atoms with Crippen LogP contribution in [0.25, 0.3) is 0 Å². The highest BCUT2D eigenvalue weighted by molar-refractivity contribution is 6.00. The molecular weight excluding hydrogens is 251 g/mol. The van der Waals surface area contributed by atoms with Crippen molar-refractivity contribution in [1.82, 2.24) is 0 Å². The van der Waals surface area contributed by atoms with Gasteiger partial charge in [-0.25, -0.2) is 9.18 Å². The number of carboxylic acids is 1. The van der Waals surface area contributed by atoms with Gasteiger partial charge in [0.1, 0.15) is 11.4 Å². The largest absolute Gasteiger partial charge is 0.478 e. The van der Waals surface area contributed by atoms with Gasteiger partial charge < -0.3 is 20.9 Å². The fourth-order valence-electron chi connectivity index (χ4n) is 1.62. The van der Waals surface area contributed by atoms with Crippen LogP contribution in [0.2, 0.25) is 0 Å². The van der Waals surface area contributed by atoms with E-state index >= 15 is 0 Å². The second kappa shape index (κ2) is 7.58. The summed E-state index contributed by atoms with van der Waals surface area (Å²) in [6.45, 7) is 3.87. The number of nitrogens with two attached hydrogens (primary N) is 1. The Hall–Kier alpha value is -1.82. The summed E-state index contributed by atoms with van der Waals surface area (Å²) in [5, 5.41) is 12.0. The summed E-state index contributed by atoms with van der Waals surface area (Å²) in [5.41, 5.74) is 5.18. The van der Waals surface area contributed by atoms with E-state index in [0.717, 1.165) is 18.9 Å². The zero-order valence-corrected chi connectivity index (χ0v) is 10.9. The molecule has 0 heterocycles. The van der Waals surface area contributed by atoms with Crippen LogP contribution in [-0.2, 0) is 4.74 Å². The van der Waals surface area contributed by atoms with E-state index in [1.165, 1.54) is 6.07 Å². The maximum atomic E-state index is 13.2. The van der Waals surface area contributed by atoms with Crippen LogP contribution in [0.1, 0.15) is 30.1 Å². The lowest BCUT2D eigenvalue weighted by Gasteiger charge is -2.12. The average Bonchev–Trinajstić information content (AvgIpc) is 2.37. The van der Waals surface area contributed by atoms with Crippen LogP contribution in [0.4, 0.5) is 15.8 Å². The Kier molecular flexibility index (Phi) is 6.08. The molecule has 1 rings (SSSR count). The van der Waals surface area contributed by atoms with Gasteiger partial charge in [0.15, 0.2) is 0 Å². The lowest BCUT2D eigenvalue weighted by atomic mass is 10.1. The SMILES string of the molecule is CCCOCCCNc1ccc(F)c(N)c1C(=O)O. The molecule has 0 aliphatic carbocycles. The summed E-state index contributed by atoms with van der Waals surface area (Å²) >= 11 is 0. The summed E-state index contributed by atoms with van der Waals surface area (Å²) in [7, 11) is 0. The van der Waals surface area contributed by atoms with Gasteiger partial charge >= 0.3 is 5.97 Å². The molecule has 19 heavy (non-hydrogen) atoms. The molecule has 0 aliphatic heterocycles. The molecule has 4 N–H and O–H groups in total. The number of nitrogens with one attached hydrogen (secondary N) is 1. The van der Waals surface area contributed by atoms with Crippen molar-refractivity contribution in [3.05, 3.63) is 23.5 Å². The molecule has 0 spiro atoms. The predicted octanol–water partition coefficient (Wildman–Crippen LogP) is 2.33. The normalized spacial score (nSPS) is 10.4. The molecule has 0 atom stereocenters. The molecule has 106 valence electrons. The van der Waals surface area contributed by atoms with Crippen molar-refractivity contribution in [3.63, 3.8) is 0 Å². The Balaban J connectivity index is 2.58. The first-order chi connectivity index (χ1) is 9.07. The molecule has 1 aromatic rings. The van der Waals surface area contributed by atoms with Crippen LogP contribution in [0.15, 0.2) is 12.1 Å². The Morgan fingerprint density at radius 3 is 2.84 bits per heavy atom. The monoisotopic (exact) mass is 270 g/mol. The van der Waals surface area contributed by atoms with Gasteiger partial charge in [-0.3, -0.25) is 0 Å². The number of anilines is 2. The van der Waals surface area contributed by atoms with E-state index in [-0.39, 0.29) is 11.3 Å². The van der Waals surface area contributed by atoms with Gasteiger partial charge in [0, 0.05) is 19.8 Å². The van der Waals surface area contributed by atoms with Crippen LogP contribution in [0.3, 0.4) is 0 Å². The molecule has 0 fully saturated rings. The third-order valence-electron chi connectivity index (χ3n) is 2.54. The fraction of sp³-hybridized carbons (Fsp3) is 0.462. The van der Waals surface area contributed by atoms with Crippen LogP contribution in [-0.4, -0.2) is 30.8 Å². The number of ether oxygens (including phenoxy) is 1. The van der Waals surface area contributed by atoms with Gasteiger partial charge in [0.25, 0.3) is 0 Å². The highest BCUT2D eigenvalue weighted by Crippen LogP contribution is 2.25. The number of hydrogen-bond donors (Lipinski definition) is 3. The van der Waals surface area contributed by atoms with Crippen molar-refractivity contribution >= 4 is 17.3 Å². The van der Waals surface area contributed by atoms with Crippen molar-refractivity contribution in [2.75, 3.05) is 30.8 Å². The number of nitrogen functional groups attached to an aromatic ring is 1. The molecule has 1 aromatic carbocycles. The summed E-state index contributed by atoms with van der Waals surface area (Å²) in [4.78, 5) is 11.1. The molecule has 6 heteroatoms. The Labute approximate surface area is 111 Å². The topological polar surface area (TPSA) is 84.6 Å². The van der Waals surface area contributed by atoms with E-state index in [2.05, 4.69) is 5.32 Å². The molecule has 0 aliphatic rings. The number of aromatic carboxylic acids is 1. The van der Waals surface area contributed by atoms with E-state index in [9.17, 15) is 9.18 Å². The average molecular weight is 270 g/mol. The van der Waals surface area contributed by atoms with E-state index in [1.54, 1.807) is 0 Å². The molecule has 0 unspecified atom stereocenters. The van der Waals surface area contributed by atoms with Gasteiger partial charge in [0.05, 0.1) is 11.4 Å². The standard InChI is InChI=1S/C13H19FN2O3/c1-2-7-19-8-3-6-16-10-5-4-9(14)12(15)11(10)13(17)18/h4-5,16H,2-3,6-8,15H2,1H3,(H,17,18). The summed E-state index contributed by atoms with van der Waals surface area (Å²) in [6, 6.07) is 2.53. The van der Waals surface area contributed by atoms with Crippen molar-refractivity contribution < 1.29 is 19.0 Å². The lowest BCUT2D eigenvalue weighted by Crippen LogP contribution is -2.12. The highest BCUT2D eigenvalue weighted by Gasteiger charge is 2.16. The smallest absolute Gasteiger partial charge is 0.340 e. The summed E-state index contributed by atoms with van der Waals surface area (Å²) < 4.78 is 18.5. The van der Waals surface area contributed by atoms with Crippen molar-refractivity contribution in [1.29, 1.82) is 0 Å². The Morgan fingerprint density at radius 2 is 2.21 bits per heavy atom. The first-order valence-electron chi connectivity index (χ1n) is 6.20. The maximum absolute atomic E-state index is 13.2. The maximum Gasteiger partial charge on any atom is 0.340 e. The molecule has 0 bridgehead atoms. The molecule has 0 saturated carbocycles. The van der Waals surface area contributed by atoms with Gasteiger partial charge in [-0.2, -0.15) is 0 Å². The summed E-state index contributed by atoms with van der Waals surface area (Å²) in [6.07, 6.45) is 1.70. The Bertz CT molecular complexity index is 438. The van der Waals surface area contributed by atoms with Gasteiger partial charge in [-0.05, 0) is 25.0 Å². The first-order valence-corrected chi connectivity index (χ1v) is 6.20. The van der Waals surface area contributed by atoms with Crippen molar-refractivity contribution in [2.45, 2.75) is 19.8 Å². The third-order valence-corrected chi connectivity index (χ3v) is 2.54.